The van der Waals surface area contributed by atoms with Crippen molar-refractivity contribution in [1.82, 2.24) is 0 Å². The van der Waals surface area contributed by atoms with Gasteiger partial charge in [0.2, 0.25) is 0 Å². The van der Waals surface area contributed by atoms with Crippen molar-refractivity contribution in [3.05, 3.63) is 35.5 Å². The molecule has 0 unspecified atom stereocenters. The topological polar surface area (TPSA) is 23.8 Å². The van der Waals surface area contributed by atoms with Crippen LogP contribution in [0.2, 0.25) is 0 Å². The van der Waals surface area contributed by atoms with Crippen molar-refractivity contribution in [2.24, 2.45) is 0 Å². The first-order valence-electron chi connectivity index (χ1n) is 3.54. The van der Waals surface area contributed by atoms with Gasteiger partial charge in [0, 0.05) is 0 Å². The highest BCUT2D eigenvalue weighted by molar-refractivity contribution is 5.46. The summed E-state index contributed by atoms with van der Waals surface area (Å²) in [6.45, 7) is 9.34. The number of rotatable bonds is 2. The van der Waals surface area contributed by atoms with Gasteiger partial charge in [-0.25, -0.2) is 0 Å². The molecule has 0 rings (SSSR count). The van der Waals surface area contributed by atoms with Crippen molar-refractivity contribution in [2.75, 3.05) is 0 Å². The fraction of sp³-hybridized carbons (Fsp3) is 0.300. The largest absolute Gasteiger partial charge is 0.192 e. The van der Waals surface area contributed by atoms with E-state index in [0.717, 1.165) is 16.7 Å². The number of hydrogen-bond donors (Lipinski definition) is 0. The molecule has 0 saturated heterocycles. The number of hydrogen-bond acceptors (Lipinski definition) is 1. The Morgan fingerprint density at radius 2 is 2.00 bits per heavy atom. The van der Waals surface area contributed by atoms with Crippen molar-refractivity contribution in [1.29, 1.82) is 5.26 Å². The molecule has 0 N–H and O–H groups in total. The van der Waals surface area contributed by atoms with Crippen molar-refractivity contribution in [3.8, 4) is 6.07 Å². The van der Waals surface area contributed by atoms with Gasteiger partial charge in [0.1, 0.15) is 0 Å². The summed E-state index contributed by atoms with van der Waals surface area (Å²) in [5.74, 6) is 0. The Balaban J connectivity index is 5.00. The third-order valence-corrected chi connectivity index (χ3v) is 1.64. The Labute approximate surface area is 68.3 Å². The van der Waals surface area contributed by atoms with Gasteiger partial charge >= 0.3 is 0 Å². The maximum absolute atomic E-state index is 8.73. The van der Waals surface area contributed by atoms with E-state index in [-0.39, 0.29) is 0 Å². The predicted octanol–water partition coefficient (Wildman–Crippen LogP) is 2.98. The van der Waals surface area contributed by atoms with E-state index < -0.39 is 0 Å². The minimum atomic E-state index is 0.725. The molecule has 0 aromatic heterocycles. The Kier molecular flexibility index (Phi) is 3.98. The van der Waals surface area contributed by atoms with Crippen molar-refractivity contribution >= 4 is 0 Å². The summed E-state index contributed by atoms with van der Waals surface area (Å²) in [4.78, 5) is 0. The molecule has 1 nitrogen and oxygen atoms in total. The van der Waals surface area contributed by atoms with Gasteiger partial charge in [-0.1, -0.05) is 18.7 Å². The molecule has 0 bridgehead atoms. The van der Waals surface area contributed by atoms with Crippen LogP contribution in [0.25, 0.3) is 0 Å². The normalized spacial score (nSPS) is 13.5. The lowest BCUT2D eigenvalue weighted by Gasteiger charge is -1.99. The molecule has 1 heteroatoms. The Bertz CT molecular complexity index is 249. The summed E-state index contributed by atoms with van der Waals surface area (Å²) in [5, 5.41) is 8.73. The maximum atomic E-state index is 8.73. The second-order valence-electron chi connectivity index (χ2n) is 2.35. The van der Waals surface area contributed by atoms with Crippen LogP contribution in [0.1, 0.15) is 20.8 Å². The minimum absolute atomic E-state index is 0.725. The summed E-state index contributed by atoms with van der Waals surface area (Å²) in [6.07, 6.45) is 3.62. The number of nitrogens with zero attached hydrogens (tertiary/aromatic N) is 1. The van der Waals surface area contributed by atoms with Crippen LogP contribution < -0.4 is 0 Å². The van der Waals surface area contributed by atoms with Gasteiger partial charge in [-0.15, -0.1) is 0 Å². The highest BCUT2D eigenvalue weighted by Gasteiger charge is 1.99. The molecule has 0 fully saturated rings. The molecule has 0 saturated carbocycles. The SMILES string of the molecule is C=C/C(C)=C(C#N)\C(C)=C/C. The number of nitriles is 1. The van der Waals surface area contributed by atoms with Crippen LogP contribution >= 0.6 is 0 Å². The first-order chi connectivity index (χ1) is 5.17. The third-order valence-electron chi connectivity index (χ3n) is 1.64. The molecule has 0 aliphatic heterocycles. The zero-order valence-electron chi connectivity index (χ0n) is 7.31. The molecule has 0 aliphatic rings. The molecule has 0 atom stereocenters. The third kappa shape index (κ3) is 2.43. The molecule has 0 aromatic rings. The van der Waals surface area contributed by atoms with E-state index in [9.17, 15) is 0 Å². The molecule has 0 radical (unpaired) electrons. The zero-order chi connectivity index (χ0) is 8.85. The molecule has 0 heterocycles. The van der Waals surface area contributed by atoms with Crippen LogP contribution in [-0.2, 0) is 0 Å². The molecule has 58 valence electrons. The fourth-order valence-electron chi connectivity index (χ4n) is 0.734. The summed E-state index contributed by atoms with van der Waals surface area (Å²) >= 11 is 0. The maximum Gasteiger partial charge on any atom is 0.0997 e. The van der Waals surface area contributed by atoms with Gasteiger partial charge in [0.15, 0.2) is 0 Å². The summed E-state index contributed by atoms with van der Waals surface area (Å²) in [6, 6.07) is 2.14. The monoisotopic (exact) mass is 147 g/mol. The first kappa shape index (κ1) is 9.71. The van der Waals surface area contributed by atoms with Gasteiger partial charge in [0.05, 0.1) is 11.6 Å². The van der Waals surface area contributed by atoms with Crippen LogP contribution in [0.15, 0.2) is 35.5 Å². The van der Waals surface area contributed by atoms with E-state index in [1.54, 1.807) is 6.08 Å². The standard InChI is InChI=1S/C10H13N/c1-5-8(3)10(7-11)9(4)6-2/h5-6H,1H2,2-4H3/b9-6-,10-8-. The average Bonchev–Trinajstić information content (AvgIpc) is 2.05. The molecule has 0 spiro atoms. The highest BCUT2D eigenvalue weighted by atomic mass is 14.2. The predicted molar refractivity (Wildman–Crippen MR) is 47.9 cm³/mol. The Hall–Kier alpha value is -1.29. The molecule has 0 amide bonds. The van der Waals surface area contributed by atoms with E-state index in [1.807, 2.05) is 26.8 Å². The van der Waals surface area contributed by atoms with Crippen molar-refractivity contribution in [3.63, 3.8) is 0 Å². The lowest BCUT2D eigenvalue weighted by Crippen LogP contribution is -1.84. The lowest BCUT2D eigenvalue weighted by atomic mass is 10.0. The summed E-state index contributed by atoms with van der Waals surface area (Å²) in [5.41, 5.74) is 2.66. The molecule has 0 aromatic carbocycles. The van der Waals surface area contributed by atoms with Gasteiger partial charge in [-0.2, -0.15) is 5.26 Å². The van der Waals surface area contributed by atoms with Crippen LogP contribution in [-0.4, -0.2) is 0 Å². The molecular weight excluding hydrogens is 134 g/mol. The van der Waals surface area contributed by atoms with Crippen LogP contribution in [0, 0.1) is 11.3 Å². The second-order valence-corrected chi connectivity index (χ2v) is 2.35. The van der Waals surface area contributed by atoms with E-state index in [0.29, 0.717) is 0 Å². The van der Waals surface area contributed by atoms with E-state index >= 15 is 0 Å². The van der Waals surface area contributed by atoms with E-state index in [1.165, 1.54) is 0 Å². The van der Waals surface area contributed by atoms with Crippen LogP contribution in [0.5, 0.6) is 0 Å². The highest BCUT2D eigenvalue weighted by Crippen LogP contribution is 2.13. The summed E-state index contributed by atoms with van der Waals surface area (Å²) in [7, 11) is 0. The zero-order valence-corrected chi connectivity index (χ0v) is 7.31. The minimum Gasteiger partial charge on any atom is -0.192 e. The van der Waals surface area contributed by atoms with E-state index in [4.69, 9.17) is 5.26 Å². The Morgan fingerprint density at radius 3 is 2.27 bits per heavy atom. The molecule has 11 heavy (non-hydrogen) atoms. The quantitative estimate of drug-likeness (QED) is 0.435. The van der Waals surface area contributed by atoms with Gasteiger partial charge in [0.25, 0.3) is 0 Å². The van der Waals surface area contributed by atoms with Gasteiger partial charge in [-0.3, -0.25) is 0 Å². The molecular formula is C10H13N. The van der Waals surface area contributed by atoms with Gasteiger partial charge in [-0.05, 0) is 31.9 Å². The van der Waals surface area contributed by atoms with Crippen molar-refractivity contribution < 1.29 is 0 Å². The summed E-state index contributed by atoms with van der Waals surface area (Å²) < 4.78 is 0. The van der Waals surface area contributed by atoms with Crippen LogP contribution in [0.4, 0.5) is 0 Å². The lowest BCUT2D eigenvalue weighted by molar-refractivity contribution is 1.32. The Morgan fingerprint density at radius 1 is 1.45 bits per heavy atom. The van der Waals surface area contributed by atoms with Crippen molar-refractivity contribution in [2.45, 2.75) is 20.8 Å². The first-order valence-corrected chi connectivity index (χ1v) is 3.54. The van der Waals surface area contributed by atoms with Gasteiger partial charge < -0.3 is 0 Å². The number of allylic oxidation sites excluding steroid dienone is 5. The smallest absolute Gasteiger partial charge is 0.0997 e. The second kappa shape index (κ2) is 4.51. The fourth-order valence-corrected chi connectivity index (χ4v) is 0.734. The van der Waals surface area contributed by atoms with Crippen LogP contribution in [0.3, 0.4) is 0 Å². The van der Waals surface area contributed by atoms with E-state index in [2.05, 4.69) is 12.6 Å². The molecule has 0 aliphatic carbocycles. The average molecular weight is 147 g/mol.